The highest BCUT2D eigenvalue weighted by atomic mass is 16.4. The van der Waals surface area contributed by atoms with Crippen molar-refractivity contribution < 1.29 is 14.7 Å². The number of rotatable bonds is 2. The lowest BCUT2D eigenvalue weighted by molar-refractivity contribution is -0.255. The summed E-state index contributed by atoms with van der Waals surface area (Å²) in [6.07, 6.45) is 1.59. The van der Waals surface area contributed by atoms with E-state index in [1.165, 1.54) is 12.1 Å². The first-order valence-electron chi connectivity index (χ1n) is 6.35. The van der Waals surface area contributed by atoms with Crippen molar-refractivity contribution >= 4 is 22.5 Å². The molecule has 0 bridgehead atoms. The summed E-state index contributed by atoms with van der Waals surface area (Å²) in [6.45, 7) is 0. The molecular formula is C14H11N2O4-. The van der Waals surface area contributed by atoms with E-state index in [0.717, 1.165) is 4.68 Å². The lowest BCUT2D eigenvalue weighted by Crippen LogP contribution is -2.34. The highest BCUT2D eigenvalue weighted by Gasteiger charge is 2.28. The number of aromatic nitrogens is 2. The van der Waals surface area contributed by atoms with Gasteiger partial charge in [0.15, 0.2) is 5.78 Å². The number of carbonyl (C=O) groups is 2. The van der Waals surface area contributed by atoms with Crippen LogP contribution in [0, 0.1) is 0 Å². The quantitative estimate of drug-likeness (QED) is 0.769. The van der Waals surface area contributed by atoms with Crippen LogP contribution in [0.2, 0.25) is 0 Å². The van der Waals surface area contributed by atoms with Crippen molar-refractivity contribution in [2.24, 2.45) is 0 Å². The van der Waals surface area contributed by atoms with Gasteiger partial charge >= 0.3 is 0 Å². The van der Waals surface area contributed by atoms with Gasteiger partial charge in [-0.15, -0.1) is 0 Å². The van der Waals surface area contributed by atoms with Crippen molar-refractivity contribution in [3.05, 3.63) is 40.3 Å². The predicted molar refractivity (Wildman–Crippen MR) is 68.2 cm³/mol. The number of fused-ring (bicyclic) bond motifs is 1. The van der Waals surface area contributed by atoms with Crippen LogP contribution in [0.25, 0.3) is 10.8 Å². The van der Waals surface area contributed by atoms with Gasteiger partial charge in [0.05, 0.1) is 11.4 Å². The number of carbonyl (C=O) groups excluding carboxylic acids is 2. The molecule has 0 N–H and O–H groups in total. The molecule has 1 fully saturated rings. The standard InChI is InChI=1S/C14H12N2O4/c17-11-7-3-6-10(11)16-13(18)9-5-2-1-4-8(9)12(15-16)14(19)20/h1-2,4-5,10H,3,6-7H2,(H,19,20)/p-1/t10-/m0/s1. The molecule has 1 saturated carbocycles. The third-order valence-electron chi connectivity index (χ3n) is 3.59. The Hall–Kier alpha value is -2.50. The number of Topliss-reactive ketones (excluding diaryl/α,β-unsaturated/α-hetero) is 1. The highest BCUT2D eigenvalue weighted by molar-refractivity contribution is 6.00. The molecule has 1 aliphatic rings. The van der Waals surface area contributed by atoms with Crippen LogP contribution in [-0.4, -0.2) is 21.5 Å². The molecule has 0 unspecified atom stereocenters. The highest BCUT2D eigenvalue weighted by Crippen LogP contribution is 2.25. The minimum Gasteiger partial charge on any atom is -0.543 e. The molecule has 0 radical (unpaired) electrons. The van der Waals surface area contributed by atoms with Gasteiger partial charge in [0.1, 0.15) is 11.7 Å². The first-order chi connectivity index (χ1) is 9.59. The Morgan fingerprint density at radius 2 is 1.95 bits per heavy atom. The van der Waals surface area contributed by atoms with Crippen LogP contribution >= 0.6 is 0 Å². The summed E-state index contributed by atoms with van der Waals surface area (Å²) in [5, 5.41) is 15.5. The second-order valence-corrected chi connectivity index (χ2v) is 4.81. The number of benzene rings is 1. The average molecular weight is 271 g/mol. The van der Waals surface area contributed by atoms with Crippen LogP contribution in [0.15, 0.2) is 29.1 Å². The van der Waals surface area contributed by atoms with Crippen LogP contribution < -0.4 is 10.7 Å². The molecule has 0 aliphatic heterocycles. The first kappa shape index (κ1) is 12.5. The number of carboxylic acid groups (broad SMARTS) is 1. The van der Waals surface area contributed by atoms with E-state index in [1.54, 1.807) is 12.1 Å². The molecule has 102 valence electrons. The zero-order chi connectivity index (χ0) is 14.3. The van der Waals surface area contributed by atoms with Gasteiger partial charge in [-0.2, -0.15) is 5.10 Å². The van der Waals surface area contributed by atoms with E-state index in [4.69, 9.17) is 0 Å². The Balaban J connectivity index is 2.33. The van der Waals surface area contributed by atoms with E-state index >= 15 is 0 Å². The molecule has 1 aromatic heterocycles. The van der Waals surface area contributed by atoms with Gasteiger partial charge in [-0.3, -0.25) is 9.59 Å². The van der Waals surface area contributed by atoms with E-state index in [9.17, 15) is 19.5 Å². The molecule has 20 heavy (non-hydrogen) atoms. The zero-order valence-corrected chi connectivity index (χ0v) is 10.5. The number of ketones is 1. The summed E-state index contributed by atoms with van der Waals surface area (Å²) in [5.74, 6) is -1.54. The summed E-state index contributed by atoms with van der Waals surface area (Å²) in [4.78, 5) is 35.4. The van der Waals surface area contributed by atoms with E-state index in [-0.39, 0.29) is 22.2 Å². The van der Waals surface area contributed by atoms with Gasteiger partial charge in [0.25, 0.3) is 5.56 Å². The molecule has 1 heterocycles. The Morgan fingerprint density at radius 1 is 1.25 bits per heavy atom. The monoisotopic (exact) mass is 271 g/mol. The zero-order valence-electron chi connectivity index (χ0n) is 10.5. The van der Waals surface area contributed by atoms with Gasteiger partial charge in [0.2, 0.25) is 0 Å². The molecule has 3 rings (SSSR count). The van der Waals surface area contributed by atoms with Crippen LogP contribution in [0.1, 0.15) is 35.8 Å². The van der Waals surface area contributed by atoms with Crippen molar-refractivity contribution in [2.45, 2.75) is 25.3 Å². The van der Waals surface area contributed by atoms with Crippen LogP contribution in [0.5, 0.6) is 0 Å². The summed E-state index contributed by atoms with van der Waals surface area (Å²) < 4.78 is 1.00. The van der Waals surface area contributed by atoms with Gasteiger partial charge < -0.3 is 9.90 Å². The second kappa shape index (κ2) is 4.56. The second-order valence-electron chi connectivity index (χ2n) is 4.81. The molecule has 1 aliphatic carbocycles. The predicted octanol–water partition coefficient (Wildman–Crippen LogP) is 0.0541. The normalized spacial score (nSPS) is 18.6. The summed E-state index contributed by atoms with van der Waals surface area (Å²) in [5.41, 5.74) is -0.745. The average Bonchev–Trinajstić information content (AvgIpc) is 2.85. The fourth-order valence-electron chi connectivity index (χ4n) is 2.62. The van der Waals surface area contributed by atoms with Crippen molar-refractivity contribution in [3.63, 3.8) is 0 Å². The largest absolute Gasteiger partial charge is 0.543 e. The first-order valence-corrected chi connectivity index (χ1v) is 6.35. The van der Waals surface area contributed by atoms with E-state index < -0.39 is 17.6 Å². The Kier molecular flexibility index (Phi) is 2.85. The number of nitrogens with zero attached hydrogens (tertiary/aromatic N) is 2. The molecule has 1 atom stereocenters. The van der Waals surface area contributed by atoms with E-state index in [1.807, 2.05) is 0 Å². The van der Waals surface area contributed by atoms with Crippen LogP contribution in [0.3, 0.4) is 0 Å². The minimum absolute atomic E-state index is 0.0841. The Labute approximate surface area is 113 Å². The number of aromatic carboxylic acids is 1. The fourth-order valence-corrected chi connectivity index (χ4v) is 2.62. The number of hydrogen-bond acceptors (Lipinski definition) is 5. The fraction of sp³-hybridized carbons (Fsp3) is 0.286. The van der Waals surface area contributed by atoms with Crippen molar-refractivity contribution in [3.8, 4) is 0 Å². The summed E-state index contributed by atoms with van der Waals surface area (Å²) in [7, 11) is 0. The molecule has 6 nitrogen and oxygen atoms in total. The lowest BCUT2D eigenvalue weighted by Gasteiger charge is -2.15. The van der Waals surface area contributed by atoms with E-state index in [2.05, 4.69) is 5.10 Å². The molecule has 0 spiro atoms. The maximum atomic E-state index is 12.4. The minimum atomic E-state index is -1.46. The van der Waals surface area contributed by atoms with Crippen molar-refractivity contribution in [1.29, 1.82) is 0 Å². The van der Waals surface area contributed by atoms with Gasteiger partial charge in [-0.1, -0.05) is 18.2 Å². The molecule has 2 aromatic rings. The van der Waals surface area contributed by atoms with Gasteiger partial charge in [0, 0.05) is 11.8 Å². The van der Waals surface area contributed by atoms with Gasteiger partial charge in [-0.25, -0.2) is 4.68 Å². The lowest BCUT2D eigenvalue weighted by atomic mass is 10.1. The molecule has 0 amide bonds. The van der Waals surface area contributed by atoms with Crippen molar-refractivity contribution in [1.82, 2.24) is 9.78 Å². The summed E-state index contributed by atoms with van der Waals surface area (Å²) >= 11 is 0. The molecular weight excluding hydrogens is 260 g/mol. The third kappa shape index (κ3) is 1.80. The third-order valence-corrected chi connectivity index (χ3v) is 3.59. The Morgan fingerprint density at radius 3 is 2.55 bits per heavy atom. The summed E-state index contributed by atoms with van der Waals surface area (Å²) in [6, 6.07) is 5.65. The van der Waals surface area contributed by atoms with Crippen molar-refractivity contribution in [2.75, 3.05) is 0 Å². The molecule has 0 saturated heterocycles. The topological polar surface area (TPSA) is 92.1 Å². The maximum Gasteiger partial charge on any atom is 0.275 e. The van der Waals surface area contributed by atoms with Crippen LogP contribution in [0.4, 0.5) is 0 Å². The molecule has 1 aromatic carbocycles. The van der Waals surface area contributed by atoms with Gasteiger partial charge in [-0.05, 0) is 18.9 Å². The number of hydrogen-bond donors (Lipinski definition) is 0. The van der Waals surface area contributed by atoms with E-state index in [0.29, 0.717) is 19.3 Å². The van der Waals surface area contributed by atoms with Crippen LogP contribution in [-0.2, 0) is 4.79 Å². The Bertz CT molecular complexity index is 778. The maximum absolute atomic E-state index is 12.4. The molecule has 6 heteroatoms. The number of carboxylic acids is 1. The SMILES string of the molecule is O=C([O-])c1nn([C@H]2CCCC2=O)c(=O)c2ccccc12. The smallest absolute Gasteiger partial charge is 0.275 e.